The molecule has 0 spiro atoms. The predicted octanol–water partition coefficient (Wildman–Crippen LogP) is 4.35. The second-order valence-corrected chi connectivity index (χ2v) is 9.67. The van der Waals surface area contributed by atoms with Gasteiger partial charge in [-0.1, -0.05) is 13.8 Å². The van der Waals surface area contributed by atoms with E-state index in [1.54, 1.807) is 0 Å². The summed E-state index contributed by atoms with van der Waals surface area (Å²) >= 11 is 0. The molecule has 0 radical (unpaired) electrons. The summed E-state index contributed by atoms with van der Waals surface area (Å²) in [7, 11) is 0. The number of hydrogen-bond acceptors (Lipinski definition) is 2. The third-order valence-corrected chi connectivity index (χ3v) is 9.04. The van der Waals surface area contributed by atoms with Crippen molar-refractivity contribution in [3.63, 3.8) is 0 Å². The smallest absolute Gasteiger partial charge is 0.133 e. The third kappa shape index (κ3) is 1.79. The van der Waals surface area contributed by atoms with Crippen LogP contribution >= 0.6 is 0 Å². The minimum Gasteiger partial charge on any atom is -0.390 e. The predicted molar refractivity (Wildman–Crippen MR) is 87.4 cm³/mol. The van der Waals surface area contributed by atoms with Crippen molar-refractivity contribution < 1.29 is 9.90 Å². The minimum absolute atomic E-state index is 0.127. The Bertz CT molecular complexity index is 496. The van der Waals surface area contributed by atoms with Gasteiger partial charge < -0.3 is 5.11 Å². The zero-order valence-corrected chi connectivity index (χ0v) is 14.5. The van der Waals surface area contributed by atoms with Gasteiger partial charge in [0.2, 0.25) is 0 Å². The molecule has 0 aromatic heterocycles. The average Bonchev–Trinajstić information content (AvgIpc) is 2.70. The van der Waals surface area contributed by atoms with E-state index in [1.807, 2.05) is 0 Å². The zero-order chi connectivity index (χ0) is 15.8. The molecule has 22 heavy (non-hydrogen) atoms. The molecule has 0 amide bonds. The topological polar surface area (TPSA) is 37.3 Å². The lowest BCUT2D eigenvalue weighted by Gasteiger charge is -2.60. The highest BCUT2D eigenvalue weighted by atomic mass is 16.3. The fraction of sp³-hybridized carbons (Fsp3) is 0.950. The molecule has 4 fully saturated rings. The summed E-state index contributed by atoms with van der Waals surface area (Å²) in [5.41, 5.74) is 0.0530. The number of hydrogen-bond donors (Lipinski definition) is 1. The summed E-state index contributed by atoms with van der Waals surface area (Å²) in [6.07, 6.45) is 9.98. The van der Waals surface area contributed by atoms with Crippen LogP contribution in [-0.2, 0) is 4.79 Å². The Labute approximate surface area is 135 Å². The Hall–Kier alpha value is -0.370. The van der Waals surface area contributed by atoms with Gasteiger partial charge >= 0.3 is 0 Å². The summed E-state index contributed by atoms with van der Waals surface area (Å²) in [5, 5.41) is 10.9. The first-order chi connectivity index (χ1) is 10.3. The zero-order valence-electron chi connectivity index (χ0n) is 14.5. The van der Waals surface area contributed by atoms with Crippen molar-refractivity contribution in [1.82, 2.24) is 0 Å². The van der Waals surface area contributed by atoms with Crippen molar-refractivity contribution in [1.29, 1.82) is 0 Å². The molecule has 0 heterocycles. The van der Waals surface area contributed by atoms with E-state index in [-0.39, 0.29) is 5.41 Å². The van der Waals surface area contributed by atoms with Crippen LogP contribution in [0.5, 0.6) is 0 Å². The van der Waals surface area contributed by atoms with Crippen molar-refractivity contribution in [2.75, 3.05) is 0 Å². The monoisotopic (exact) mass is 304 g/mol. The lowest BCUT2D eigenvalue weighted by Crippen LogP contribution is -2.55. The van der Waals surface area contributed by atoms with Gasteiger partial charge in [-0.05, 0) is 86.4 Å². The van der Waals surface area contributed by atoms with Gasteiger partial charge in [-0.2, -0.15) is 0 Å². The number of carbonyl (C=O) groups excluding carboxylic acids is 1. The van der Waals surface area contributed by atoms with Gasteiger partial charge in [0.15, 0.2) is 0 Å². The second-order valence-electron chi connectivity index (χ2n) is 9.67. The molecule has 0 saturated heterocycles. The highest BCUT2D eigenvalue weighted by Gasteiger charge is 2.63. The first kappa shape index (κ1) is 15.2. The van der Waals surface area contributed by atoms with Crippen LogP contribution < -0.4 is 0 Å². The Morgan fingerprint density at radius 3 is 2.45 bits per heavy atom. The van der Waals surface area contributed by atoms with E-state index in [9.17, 15) is 9.90 Å². The molecule has 4 rings (SSSR count). The van der Waals surface area contributed by atoms with E-state index in [1.165, 1.54) is 32.1 Å². The van der Waals surface area contributed by atoms with Crippen LogP contribution in [0, 0.1) is 34.5 Å². The van der Waals surface area contributed by atoms with Crippen LogP contribution in [0.15, 0.2) is 0 Å². The summed E-state index contributed by atoms with van der Waals surface area (Å²) in [6, 6.07) is 0. The lowest BCUT2D eigenvalue weighted by molar-refractivity contribution is -0.152. The van der Waals surface area contributed by atoms with E-state index in [2.05, 4.69) is 20.8 Å². The number of aliphatic hydroxyl groups is 1. The van der Waals surface area contributed by atoms with Gasteiger partial charge in [-0.15, -0.1) is 0 Å². The maximum absolute atomic E-state index is 11.9. The molecule has 4 aliphatic carbocycles. The summed E-state index contributed by atoms with van der Waals surface area (Å²) in [5.74, 6) is 3.44. The fourth-order valence-electron chi connectivity index (χ4n) is 7.29. The molecule has 2 nitrogen and oxygen atoms in total. The molecule has 1 N–H and O–H groups in total. The first-order valence-electron chi connectivity index (χ1n) is 9.52. The number of Topliss-reactive ketones (excluding diaryl/α,β-unsaturated/α-hetero) is 1. The molecular weight excluding hydrogens is 272 g/mol. The molecule has 0 unspecified atom stereocenters. The Morgan fingerprint density at radius 1 is 0.955 bits per heavy atom. The molecule has 124 valence electrons. The molecule has 0 aromatic carbocycles. The van der Waals surface area contributed by atoms with Crippen molar-refractivity contribution in [2.45, 2.75) is 84.2 Å². The Morgan fingerprint density at radius 2 is 1.68 bits per heavy atom. The van der Waals surface area contributed by atoms with Gasteiger partial charge in [0, 0.05) is 12.8 Å². The van der Waals surface area contributed by atoms with E-state index < -0.39 is 5.60 Å². The Kier molecular flexibility index (Phi) is 3.16. The van der Waals surface area contributed by atoms with Crippen LogP contribution in [0.2, 0.25) is 0 Å². The van der Waals surface area contributed by atoms with Gasteiger partial charge in [-0.3, -0.25) is 4.79 Å². The summed E-state index contributed by atoms with van der Waals surface area (Å²) in [6.45, 7) is 6.94. The normalized spacial score (nSPS) is 57.9. The second kappa shape index (κ2) is 4.59. The average molecular weight is 304 g/mol. The van der Waals surface area contributed by atoms with Crippen molar-refractivity contribution in [3.8, 4) is 0 Å². The van der Waals surface area contributed by atoms with Crippen LogP contribution in [0.25, 0.3) is 0 Å². The highest BCUT2D eigenvalue weighted by Crippen LogP contribution is 2.67. The molecule has 0 bridgehead atoms. The van der Waals surface area contributed by atoms with Crippen molar-refractivity contribution in [3.05, 3.63) is 0 Å². The first-order valence-corrected chi connectivity index (χ1v) is 9.52. The highest BCUT2D eigenvalue weighted by molar-refractivity contribution is 5.79. The fourth-order valence-corrected chi connectivity index (χ4v) is 7.29. The van der Waals surface area contributed by atoms with E-state index in [4.69, 9.17) is 0 Å². The van der Waals surface area contributed by atoms with Crippen LogP contribution in [0.1, 0.15) is 78.6 Å². The SMILES string of the molecule is C[C@]12CCC(=O)C[C@H]1CC[C@@H]1[C@@H]2CC[C@@]2(C)[C@H]1CC[C@@]2(C)O. The van der Waals surface area contributed by atoms with Gasteiger partial charge in [0.05, 0.1) is 5.60 Å². The van der Waals surface area contributed by atoms with Crippen LogP contribution in [-0.4, -0.2) is 16.5 Å². The van der Waals surface area contributed by atoms with E-state index in [0.29, 0.717) is 23.0 Å². The van der Waals surface area contributed by atoms with Crippen LogP contribution in [0.3, 0.4) is 0 Å². The van der Waals surface area contributed by atoms with Gasteiger partial charge in [-0.25, -0.2) is 0 Å². The molecule has 2 heteroatoms. The molecule has 4 saturated carbocycles. The number of fused-ring (bicyclic) bond motifs is 5. The van der Waals surface area contributed by atoms with Crippen molar-refractivity contribution in [2.24, 2.45) is 34.5 Å². The summed E-state index contributed by atoms with van der Waals surface area (Å²) < 4.78 is 0. The summed E-state index contributed by atoms with van der Waals surface area (Å²) in [4.78, 5) is 11.9. The van der Waals surface area contributed by atoms with Gasteiger partial charge in [0.1, 0.15) is 5.78 Å². The largest absolute Gasteiger partial charge is 0.390 e. The number of rotatable bonds is 0. The van der Waals surface area contributed by atoms with E-state index >= 15 is 0 Å². The molecule has 4 aliphatic rings. The Balaban J connectivity index is 1.65. The minimum atomic E-state index is -0.469. The third-order valence-electron chi connectivity index (χ3n) is 9.04. The number of carbonyl (C=O) groups is 1. The standard InChI is InChI=1S/C20H32O2/c1-18-9-6-14(21)12-13(18)4-5-15-16(18)7-10-19(2)17(15)8-11-20(19,3)22/h13,15-17,22H,4-12H2,1-3H3/t13-,15-,16+,17+,18+,19+,20-/m1/s1. The van der Waals surface area contributed by atoms with Crippen molar-refractivity contribution >= 4 is 5.78 Å². The maximum atomic E-state index is 11.9. The molecule has 0 aromatic rings. The maximum Gasteiger partial charge on any atom is 0.133 e. The quantitative estimate of drug-likeness (QED) is 0.722. The number of ketones is 1. The lowest BCUT2D eigenvalue weighted by atomic mass is 9.44. The van der Waals surface area contributed by atoms with Crippen LogP contribution in [0.4, 0.5) is 0 Å². The van der Waals surface area contributed by atoms with E-state index in [0.717, 1.165) is 37.5 Å². The molecule has 7 atom stereocenters. The molecule has 0 aliphatic heterocycles. The van der Waals surface area contributed by atoms with Gasteiger partial charge in [0.25, 0.3) is 0 Å². The molecular formula is C20H32O2.